The van der Waals surface area contributed by atoms with Gasteiger partial charge in [-0.15, -0.1) is 0 Å². The minimum absolute atomic E-state index is 0.178. The maximum atomic E-state index is 11.8. The van der Waals surface area contributed by atoms with Gasteiger partial charge >= 0.3 is 6.09 Å². The monoisotopic (exact) mass is 273 g/mol. The minimum atomic E-state index is -0.399. The minimum Gasteiger partial charge on any atom is -0.444 e. The van der Waals surface area contributed by atoms with E-state index >= 15 is 0 Å². The lowest BCUT2D eigenvalue weighted by molar-refractivity contribution is 0.0172. The van der Waals surface area contributed by atoms with Gasteiger partial charge in [-0.3, -0.25) is 0 Å². The molecule has 0 unspecified atom stereocenters. The van der Waals surface area contributed by atoms with E-state index in [1.165, 1.54) is 0 Å². The third-order valence-corrected chi connectivity index (χ3v) is 3.00. The van der Waals surface area contributed by atoms with Crippen LogP contribution in [0.5, 0.6) is 0 Å². The fourth-order valence-corrected chi connectivity index (χ4v) is 2.02. The highest BCUT2D eigenvalue weighted by molar-refractivity contribution is 5.68. The number of nitrogens with zero attached hydrogens (tertiary/aromatic N) is 1. The molecule has 0 spiro atoms. The Balaban J connectivity index is 0.00000154. The Bertz CT molecular complexity index is 240. The Morgan fingerprint density at radius 3 is 2.16 bits per heavy atom. The summed E-state index contributed by atoms with van der Waals surface area (Å²) in [7, 11) is 1.73. The van der Waals surface area contributed by atoms with E-state index in [1.807, 2.05) is 39.5 Å². The summed E-state index contributed by atoms with van der Waals surface area (Å²) in [6.07, 6.45) is 3.03. The quantitative estimate of drug-likeness (QED) is 0.787. The van der Waals surface area contributed by atoms with Crippen LogP contribution in [0.2, 0.25) is 0 Å². The molecule has 114 valence electrons. The van der Waals surface area contributed by atoms with Gasteiger partial charge in [0, 0.05) is 26.8 Å². The summed E-state index contributed by atoms with van der Waals surface area (Å²) in [5, 5.41) is 0. The number of hydrogen-bond donors (Lipinski definition) is 0. The van der Waals surface area contributed by atoms with Gasteiger partial charge in [0.05, 0.1) is 0 Å². The summed E-state index contributed by atoms with van der Waals surface area (Å²) in [6, 6.07) is 0. The van der Waals surface area contributed by atoms with E-state index in [9.17, 15) is 4.79 Å². The molecule has 4 heteroatoms. The van der Waals surface area contributed by atoms with Crippen LogP contribution in [0.3, 0.4) is 0 Å². The van der Waals surface area contributed by atoms with E-state index in [4.69, 9.17) is 9.47 Å². The Labute approximate surface area is 118 Å². The molecular weight excluding hydrogens is 242 g/mol. The lowest BCUT2D eigenvalue weighted by atomic mass is 9.94. The largest absolute Gasteiger partial charge is 0.444 e. The number of likely N-dealkylation sites (tertiary alicyclic amines) is 1. The Morgan fingerprint density at radius 1 is 1.21 bits per heavy atom. The molecule has 1 aliphatic heterocycles. The smallest absolute Gasteiger partial charge is 0.410 e. The van der Waals surface area contributed by atoms with Gasteiger partial charge in [-0.2, -0.15) is 0 Å². The maximum Gasteiger partial charge on any atom is 0.410 e. The standard InChI is InChI=1S/C13H25NO3.C2H6/c1-13(2,3)17-12(15)14-8-5-11(6-9-14)7-10-16-4;1-2/h11H,5-10H2,1-4H3;1-2H3. The predicted octanol–water partition coefficient (Wildman–Crippen LogP) is 3.70. The molecule has 0 bridgehead atoms. The van der Waals surface area contributed by atoms with Crippen molar-refractivity contribution < 1.29 is 14.3 Å². The van der Waals surface area contributed by atoms with Gasteiger partial charge in [0.15, 0.2) is 0 Å². The van der Waals surface area contributed by atoms with Crippen LogP contribution in [0.25, 0.3) is 0 Å². The lowest BCUT2D eigenvalue weighted by Gasteiger charge is -2.33. The van der Waals surface area contributed by atoms with E-state index in [-0.39, 0.29) is 6.09 Å². The summed E-state index contributed by atoms with van der Waals surface area (Å²) < 4.78 is 10.4. The van der Waals surface area contributed by atoms with Crippen molar-refractivity contribution in [3.63, 3.8) is 0 Å². The number of methoxy groups -OCH3 is 1. The zero-order valence-electron chi connectivity index (χ0n) is 13.5. The normalized spacial score (nSPS) is 16.6. The fraction of sp³-hybridized carbons (Fsp3) is 0.933. The Kier molecular flexibility index (Phi) is 8.81. The molecule has 0 aliphatic carbocycles. The van der Waals surface area contributed by atoms with E-state index in [0.29, 0.717) is 5.92 Å². The van der Waals surface area contributed by atoms with Crippen LogP contribution in [0, 0.1) is 5.92 Å². The summed E-state index contributed by atoms with van der Waals surface area (Å²) in [5.41, 5.74) is -0.399. The highest BCUT2D eigenvalue weighted by atomic mass is 16.6. The fourth-order valence-electron chi connectivity index (χ4n) is 2.02. The van der Waals surface area contributed by atoms with Gasteiger partial charge in [0.2, 0.25) is 0 Å². The Morgan fingerprint density at radius 2 is 1.74 bits per heavy atom. The summed E-state index contributed by atoms with van der Waals surface area (Å²) in [5.74, 6) is 0.689. The van der Waals surface area contributed by atoms with E-state index in [2.05, 4.69) is 0 Å². The summed E-state index contributed by atoms with van der Waals surface area (Å²) >= 11 is 0. The van der Waals surface area contributed by atoms with Crippen molar-refractivity contribution in [3.05, 3.63) is 0 Å². The van der Waals surface area contributed by atoms with Gasteiger partial charge in [0.1, 0.15) is 5.60 Å². The molecule has 1 rings (SSSR count). The molecule has 19 heavy (non-hydrogen) atoms. The molecular formula is C15H31NO3. The zero-order chi connectivity index (χ0) is 14.9. The van der Waals surface area contributed by atoms with Crippen molar-refractivity contribution in [1.82, 2.24) is 4.90 Å². The number of rotatable bonds is 3. The highest BCUT2D eigenvalue weighted by Gasteiger charge is 2.26. The molecule has 1 amide bonds. The van der Waals surface area contributed by atoms with Crippen molar-refractivity contribution in [2.24, 2.45) is 5.92 Å². The van der Waals surface area contributed by atoms with Crippen molar-refractivity contribution >= 4 is 6.09 Å². The number of piperidine rings is 1. The lowest BCUT2D eigenvalue weighted by Crippen LogP contribution is -2.41. The second-order valence-electron chi connectivity index (χ2n) is 5.69. The Hall–Kier alpha value is -0.770. The highest BCUT2D eigenvalue weighted by Crippen LogP contribution is 2.22. The molecule has 1 fully saturated rings. The first-order chi connectivity index (χ1) is 8.92. The SMILES string of the molecule is CC.COCCC1CCN(C(=O)OC(C)(C)C)CC1. The molecule has 1 aliphatic rings. The van der Waals surface area contributed by atoms with Crippen LogP contribution in [-0.4, -0.2) is 43.4 Å². The van der Waals surface area contributed by atoms with Crippen molar-refractivity contribution in [3.8, 4) is 0 Å². The van der Waals surface area contributed by atoms with E-state index in [0.717, 1.165) is 39.0 Å². The first-order valence-corrected chi connectivity index (χ1v) is 7.39. The van der Waals surface area contributed by atoms with Gasteiger partial charge in [-0.1, -0.05) is 13.8 Å². The number of carbonyl (C=O) groups is 1. The van der Waals surface area contributed by atoms with Crippen LogP contribution in [0.1, 0.15) is 53.9 Å². The van der Waals surface area contributed by atoms with Crippen molar-refractivity contribution in [2.45, 2.75) is 59.5 Å². The van der Waals surface area contributed by atoms with Gasteiger partial charge in [-0.25, -0.2) is 4.79 Å². The second kappa shape index (κ2) is 9.18. The number of ether oxygens (including phenoxy) is 2. The molecule has 0 aromatic carbocycles. The van der Waals surface area contributed by atoms with Gasteiger partial charge in [0.25, 0.3) is 0 Å². The molecule has 0 saturated carbocycles. The third-order valence-electron chi connectivity index (χ3n) is 3.00. The van der Waals surface area contributed by atoms with Gasteiger partial charge in [-0.05, 0) is 46.0 Å². The van der Waals surface area contributed by atoms with Crippen LogP contribution in [0.4, 0.5) is 4.79 Å². The van der Waals surface area contributed by atoms with E-state index < -0.39 is 5.60 Å². The molecule has 0 atom stereocenters. The molecule has 0 radical (unpaired) electrons. The first kappa shape index (κ1) is 18.2. The number of amides is 1. The summed E-state index contributed by atoms with van der Waals surface area (Å²) in [4.78, 5) is 13.6. The van der Waals surface area contributed by atoms with Crippen LogP contribution < -0.4 is 0 Å². The number of hydrogen-bond acceptors (Lipinski definition) is 3. The molecule has 1 saturated heterocycles. The average molecular weight is 273 g/mol. The number of carbonyl (C=O) groups excluding carboxylic acids is 1. The van der Waals surface area contributed by atoms with Gasteiger partial charge < -0.3 is 14.4 Å². The first-order valence-electron chi connectivity index (χ1n) is 7.39. The predicted molar refractivity (Wildman–Crippen MR) is 78.4 cm³/mol. The molecule has 0 aromatic heterocycles. The summed E-state index contributed by atoms with van der Waals surface area (Å²) in [6.45, 7) is 12.1. The van der Waals surface area contributed by atoms with Crippen LogP contribution >= 0.6 is 0 Å². The molecule has 0 aromatic rings. The zero-order valence-corrected chi connectivity index (χ0v) is 13.5. The maximum absolute atomic E-state index is 11.8. The molecule has 0 N–H and O–H groups in total. The second-order valence-corrected chi connectivity index (χ2v) is 5.69. The van der Waals surface area contributed by atoms with Crippen LogP contribution in [-0.2, 0) is 9.47 Å². The van der Waals surface area contributed by atoms with Crippen molar-refractivity contribution in [1.29, 1.82) is 0 Å². The van der Waals surface area contributed by atoms with E-state index in [1.54, 1.807) is 7.11 Å². The van der Waals surface area contributed by atoms with Crippen molar-refractivity contribution in [2.75, 3.05) is 26.8 Å². The molecule has 4 nitrogen and oxygen atoms in total. The average Bonchev–Trinajstić information content (AvgIpc) is 2.37. The third kappa shape index (κ3) is 8.09. The van der Waals surface area contributed by atoms with Crippen LogP contribution in [0.15, 0.2) is 0 Å². The molecule has 1 heterocycles. The topological polar surface area (TPSA) is 38.8 Å².